The Balaban J connectivity index is 1.80. The number of nitrogens with one attached hydrogen (secondary N) is 1. The number of aliphatic hydroxyl groups excluding tert-OH is 1. The minimum Gasteiger partial charge on any atom is -0.509 e. The third-order valence-electron chi connectivity index (χ3n) is 6.61. The fraction of sp³-hybridized carbons (Fsp3) is 0.375. The molecule has 4 nitrogen and oxygen atoms in total. The van der Waals surface area contributed by atoms with Crippen LogP contribution in [0.1, 0.15) is 43.7 Å². The molecule has 1 aliphatic heterocycles. The normalized spacial score (nSPS) is 26.8. The van der Waals surface area contributed by atoms with Gasteiger partial charge in [0, 0.05) is 18.2 Å². The van der Waals surface area contributed by atoms with Gasteiger partial charge in [0.15, 0.2) is 0 Å². The third kappa shape index (κ3) is 3.24. The number of carbonyl (C=O) groups is 1. The van der Waals surface area contributed by atoms with Crippen LogP contribution in [0.15, 0.2) is 48.2 Å². The van der Waals surface area contributed by atoms with Crippen molar-refractivity contribution in [3.63, 3.8) is 0 Å². The van der Waals surface area contributed by atoms with Gasteiger partial charge in [-0.25, -0.2) is 0 Å². The fourth-order valence-electron chi connectivity index (χ4n) is 4.51. The Morgan fingerprint density at radius 2 is 1.72 bits per heavy atom. The van der Waals surface area contributed by atoms with Gasteiger partial charge in [-0.3, -0.25) is 4.79 Å². The maximum atomic E-state index is 13.0. The van der Waals surface area contributed by atoms with Crippen LogP contribution in [-0.2, 0) is 9.53 Å². The van der Waals surface area contributed by atoms with Gasteiger partial charge in [-0.05, 0) is 50.7 Å². The van der Waals surface area contributed by atoms with E-state index >= 15 is 0 Å². The molecular weight excluding hydrogens is 386 g/mol. The molecule has 29 heavy (non-hydrogen) atoms. The van der Waals surface area contributed by atoms with Gasteiger partial charge in [0.05, 0.1) is 21.7 Å². The van der Waals surface area contributed by atoms with Gasteiger partial charge in [-0.1, -0.05) is 54.1 Å². The van der Waals surface area contributed by atoms with Crippen molar-refractivity contribution in [3.05, 3.63) is 64.4 Å². The molecule has 0 aromatic heterocycles. The number of rotatable bonds is 3. The number of aryl methyl sites for hydroxylation is 1. The summed E-state index contributed by atoms with van der Waals surface area (Å²) in [4.78, 5) is 13.0. The molecule has 1 saturated carbocycles. The summed E-state index contributed by atoms with van der Waals surface area (Å²) >= 11 is 6.81. The second-order valence-electron chi connectivity index (χ2n) is 8.40. The lowest BCUT2D eigenvalue weighted by Gasteiger charge is -2.42. The number of halogens is 1. The molecule has 2 aliphatic rings. The first-order valence-electron chi connectivity index (χ1n) is 9.96. The molecule has 152 valence electrons. The zero-order chi connectivity index (χ0) is 20.8. The molecule has 1 fully saturated rings. The van der Waals surface area contributed by atoms with Gasteiger partial charge >= 0.3 is 0 Å². The third-order valence-corrected chi connectivity index (χ3v) is 7.00. The first kappa shape index (κ1) is 20.0. The summed E-state index contributed by atoms with van der Waals surface area (Å²) in [5.41, 5.74) is 2.63. The summed E-state index contributed by atoms with van der Waals surface area (Å²) in [6.07, 6.45) is 2.79. The van der Waals surface area contributed by atoms with Gasteiger partial charge in [0.1, 0.15) is 5.76 Å². The Hall–Kier alpha value is -2.30. The zero-order valence-electron chi connectivity index (χ0n) is 17.0. The van der Waals surface area contributed by atoms with E-state index in [2.05, 4.69) is 12.2 Å². The van der Waals surface area contributed by atoms with Crippen molar-refractivity contribution in [1.82, 2.24) is 5.32 Å². The van der Waals surface area contributed by atoms with Crippen LogP contribution in [0.4, 0.5) is 0 Å². The minimum atomic E-state index is -0.733. The van der Waals surface area contributed by atoms with Crippen molar-refractivity contribution >= 4 is 23.1 Å². The van der Waals surface area contributed by atoms with Gasteiger partial charge in [0.25, 0.3) is 5.91 Å². The molecule has 0 unspecified atom stereocenters. The van der Waals surface area contributed by atoms with Crippen LogP contribution >= 0.6 is 11.6 Å². The topological polar surface area (TPSA) is 58.6 Å². The van der Waals surface area contributed by atoms with Crippen LogP contribution in [0.2, 0.25) is 5.02 Å². The molecule has 0 atom stereocenters. The molecule has 2 aromatic carbocycles. The monoisotopic (exact) mass is 411 g/mol. The van der Waals surface area contributed by atoms with Crippen molar-refractivity contribution in [1.29, 1.82) is 0 Å². The number of hydrogen-bond donors (Lipinski definition) is 2. The number of hydrogen-bond acceptors (Lipinski definition) is 3. The highest BCUT2D eigenvalue weighted by Crippen LogP contribution is 2.47. The smallest absolute Gasteiger partial charge is 0.256 e. The van der Waals surface area contributed by atoms with Gasteiger partial charge in [-0.2, -0.15) is 0 Å². The Labute approximate surface area is 176 Å². The summed E-state index contributed by atoms with van der Waals surface area (Å²) in [5.74, 6) is -0.158. The molecule has 0 radical (unpaired) electrons. The van der Waals surface area contributed by atoms with E-state index in [0.717, 1.165) is 29.5 Å². The highest BCUT2D eigenvalue weighted by molar-refractivity contribution is 6.38. The van der Waals surface area contributed by atoms with E-state index < -0.39 is 5.54 Å². The molecule has 0 saturated heterocycles. The second-order valence-corrected chi connectivity index (χ2v) is 8.78. The molecule has 4 rings (SSSR count). The summed E-state index contributed by atoms with van der Waals surface area (Å²) in [6, 6.07) is 13.7. The lowest BCUT2D eigenvalue weighted by Crippen LogP contribution is -2.51. The van der Waals surface area contributed by atoms with Crippen LogP contribution in [-0.4, -0.2) is 29.3 Å². The predicted molar refractivity (Wildman–Crippen MR) is 116 cm³/mol. The number of carbonyl (C=O) groups excluding carboxylic acids is 1. The average Bonchev–Trinajstić information content (AvgIpc) is 2.96. The first-order chi connectivity index (χ1) is 13.8. The zero-order valence-corrected chi connectivity index (χ0v) is 17.8. The van der Waals surface area contributed by atoms with Crippen LogP contribution in [0.25, 0.3) is 16.7 Å². The van der Waals surface area contributed by atoms with Gasteiger partial charge in [-0.15, -0.1) is 0 Å². The van der Waals surface area contributed by atoms with E-state index in [1.54, 1.807) is 7.11 Å². The number of amides is 1. The van der Waals surface area contributed by atoms with Gasteiger partial charge in [0.2, 0.25) is 0 Å². The van der Waals surface area contributed by atoms with Crippen LogP contribution in [0.3, 0.4) is 0 Å². The van der Waals surface area contributed by atoms with Gasteiger partial charge < -0.3 is 15.2 Å². The minimum absolute atomic E-state index is 0.107. The fourth-order valence-corrected chi connectivity index (χ4v) is 4.93. The molecule has 1 amide bonds. The van der Waals surface area contributed by atoms with Crippen LogP contribution in [0, 0.1) is 6.92 Å². The Morgan fingerprint density at radius 1 is 1.07 bits per heavy atom. The second kappa shape index (κ2) is 7.19. The van der Waals surface area contributed by atoms with E-state index in [-0.39, 0.29) is 17.3 Å². The number of ether oxygens (including phenoxy) is 1. The molecule has 1 aliphatic carbocycles. The van der Waals surface area contributed by atoms with Crippen LogP contribution in [0.5, 0.6) is 0 Å². The van der Waals surface area contributed by atoms with Crippen molar-refractivity contribution in [2.75, 3.05) is 7.11 Å². The van der Waals surface area contributed by atoms with E-state index in [4.69, 9.17) is 16.3 Å². The first-order valence-corrected chi connectivity index (χ1v) is 10.3. The highest BCUT2D eigenvalue weighted by Gasteiger charge is 2.50. The number of aliphatic hydroxyl groups is 1. The molecule has 1 heterocycles. The predicted octanol–water partition coefficient (Wildman–Crippen LogP) is 5.43. The highest BCUT2D eigenvalue weighted by atomic mass is 35.5. The Kier molecular flexibility index (Phi) is 4.96. The quantitative estimate of drug-likeness (QED) is 0.707. The Morgan fingerprint density at radius 3 is 2.34 bits per heavy atom. The molecule has 2 N–H and O–H groups in total. The molecule has 2 aromatic rings. The molecule has 0 bridgehead atoms. The maximum absolute atomic E-state index is 13.0. The lowest BCUT2D eigenvalue weighted by molar-refractivity contribution is -0.117. The Bertz CT molecular complexity index is 989. The van der Waals surface area contributed by atoms with E-state index in [1.165, 1.54) is 0 Å². The van der Waals surface area contributed by atoms with E-state index in [1.807, 2.05) is 49.4 Å². The van der Waals surface area contributed by atoms with E-state index in [0.29, 0.717) is 29.0 Å². The largest absolute Gasteiger partial charge is 0.509 e. The lowest BCUT2D eigenvalue weighted by atomic mass is 9.74. The molecule has 1 spiro atoms. The summed E-state index contributed by atoms with van der Waals surface area (Å²) in [6.45, 7) is 3.99. The van der Waals surface area contributed by atoms with Crippen molar-refractivity contribution in [2.24, 2.45) is 0 Å². The maximum Gasteiger partial charge on any atom is 0.256 e. The SMILES string of the molecule is COC1(C)CCC2(CC1)NC(=O)C(c1c(C)ccc(-c3ccccc3)c1Cl)=C2O. The van der Waals surface area contributed by atoms with Crippen LogP contribution < -0.4 is 5.32 Å². The van der Waals surface area contributed by atoms with E-state index in [9.17, 15) is 9.90 Å². The number of benzene rings is 2. The standard InChI is InChI=1S/C24H26ClNO3/c1-15-9-10-17(16-7-5-4-6-8-16)20(25)18(15)19-21(27)24(26-22(19)28)13-11-23(2,29-3)12-14-24/h4-10,27H,11-14H2,1-3H3,(H,26,28). The van der Waals surface area contributed by atoms with Crippen molar-refractivity contribution < 1.29 is 14.6 Å². The molecule has 5 heteroatoms. The summed E-state index contributed by atoms with van der Waals surface area (Å²) in [5, 5.41) is 14.8. The average molecular weight is 412 g/mol. The van der Waals surface area contributed by atoms with Crippen molar-refractivity contribution in [3.8, 4) is 11.1 Å². The number of methoxy groups -OCH3 is 1. The molecular formula is C24H26ClNO3. The summed E-state index contributed by atoms with van der Waals surface area (Å²) in [7, 11) is 1.71. The van der Waals surface area contributed by atoms with Crippen molar-refractivity contribution in [2.45, 2.75) is 50.7 Å². The summed E-state index contributed by atoms with van der Waals surface area (Å²) < 4.78 is 5.63.